The predicted molar refractivity (Wildman–Crippen MR) is 65.8 cm³/mol. The standard InChI is InChI=1S/C13H22N2/c1-3-10-15(4-2)11-13(14)12-8-6-5-7-9-12/h5-9,13H,3-4,10-11,14H2,1-2H3. The van der Waals surface area contributed by atoms with Crippen molar-refractivity contribution >= 4 is 0 Å². The predicted octanol–water partition coefficient (Wildman–Crippen LogP) is 2.42. The van der Waals surface area contributed by atoms with E-state index in [1.165, 1.54) is 12.0 Å². The van der Waals surface area contributed by atoms with E-state index in [0.29, 0.717) is 0 Å². The van der Waals surface area contributed by atoms with Gasteiger partial charge < -0.3 is 10.6 Å². The van der Waals surface area contributed by atoms with Crippen molar-refractivity contribution in [2.45, 2.75) is 26.3 Å². The molecule has 0 radical (unpaired) electrons. The van der Waals surface area contributed by atoms with Crippen molar-refractivity contribution in [3.8, 4) is 0 Å². The Bertz CT molecular complexity index is 258. The van der Waals surface area contributed by atoms with Gasteiger partial charge in [-0.3, -0.25) is 0 Å². The van der Waals surface area contributed by atoms with Gasteiger partial charge in [-0.1, -0.05) is 44.2 Å². The lowest BCUT2D eigenvalue weighted by Gasteiger charge is -2.23. The van der Waals surface area contributed by atoms with Gasteiger partial charge >= 0.3 is 0 Å². The Morgan fingerprint density at radius 2 is 1.87 bits per heavy atom. The Balaban J connectivity index is 2.50. The molecule has 0 fully saturated rings. The molecule has 1 atom stereocenters. The number of hydrogen-bond acceptors (Lipinski definition) is 2. The van der Waals surface area contributed by atoms with Crippen molar-refractivity contribution in [3.63, 3.8) is 0 Å². The van der Waals surface area contributed by atoms with E-state index in [-0.39, 0.29) is 6.04 Å². The smallest absolute Gasteiger partial charge is 0.0424 e. The number of nitrogens with zero attached hydrogens (tertiary/aromatic N) is 1. The highest BCUT2D eigenvalue weighted by atomic mass is 15.1. The first-order chi connectivity index (χ1) is 7.27. The molecule has 0 aliphatic heterocycles. The Morgan fingerprint density at radius 3 is 2.40 bits per heavy atom. The fourth-order valence-electron chi connectivity index (χ4n) is 1.78. The quantitative estimate of drug-likeness (QED) is 0.774. The van der Waals surface area contributed by atoms with Gasteiger partial charge in [0.15, 0.2) is 0 Å². The van der Waals surface area contributed by atoms with E-state index < -0.39 is 0 Å². The second-order valence-corrected chi connectivity index (χ2v) is 3.91. The average Bonchev–Trinajstić information content (AvgIpc) is 2.29. The number of benzene rings is 1. The molecular formula is C13H22N2. The van der Waals surface area contributed by atoms with Crippen molar-refractivity contribution in [1.82, 2.24) is 4.90 Å². The molecule has 84 valence electrons. The van der Waals surface area contributed by atoms with Crippen molar-refractivity contribution < 1.29 is 0 Å². The third kappa shape index (κ3) is 4.02. The summed E-state index contributed by atoms with van der Waals surface area (Å²) in [5, 5.41) is 0. The second kappa shape index (κ2) is 6.59. The van der Waals surface area contributed by atoms with Gasteiger partial charge in [0, 0.05) is 12.6 Å². The Morgan fingerprint density at radius 1 is 1.20 bits per heavy atom. The minimum absolute atomic E-state index is 0.137. The van der Waals surface area contributed by atoms with Crippen molar-refractivity contribution in [2.24, 2.45) is 5.73 Å². The third-order valence-electron chi connectivity index (χ3n) is 2.67. The van der Waals surface area contributed by atoms with E-state index >= 15 is 0 Å². The summed E-state index contributed by atoms with van der Waals surface area (Å²) >= 11 is 0. The number of likely N-dealkylation sites (N-methyl/N-ethyl adjacent to an activating group) is 1. The zero-order valence-corrected chi connectivity index (χ0v) is 9.82. The molecule has 0 amide bonds. The van der Waals surface area contributed by atoms with Crippen LogP contribution < -0.4 is 5.73 Å². The molecule has 0 bridgehead atoms. The summed E-state index contributed by atoms with van der Waals surface area (Å²) in [5.74, 6) is 0. The summed E-state index contributed by atoms with van der Waals surface area (Å²) in [7, 11) is 0. The van der Waals surface area contributed by atoms with Crippen LogP contribution in [-0.2, 0) is 0 Å². The van der Waals surface area contributed by atoms with Crippen LogP contribution in [0.3, 0.4) is 0 Å². The third-order valence-corrected chi connectivity index (χ3v) is 2.67. The molecule has 0 heterocycles. The van der Waals surface area contributed by atoms with Crippen LogP contribution in [0, 0.1) is 0 Å². The molecule has 1 aromatic carbocycles. The van der Waals surface area contributed by atoms with Gasteiger partial charge in [-0.25, -0.2) is 0 Å². The highest BCUT2D eigenvalue weighted by Gasteiger charge is 2.09. The van der Waals surface area contributed by atoms with Crippen LogP contribution in [0.1, 0.15) is 31.9 Å². The molecule has 15 heavy (non-hydrogen) atoms. The molecule has 0 saturated carbocycles. The highest BCUT2D eigenvalue weighted by Crippen LogP contribution is 2.11. The zero-order valence-electron chi connectivity index (χ0n) is 9.82. The molecular weight excluding hydrogens is 184 g/mol. The van der Waals surface area contributed by atoms with Crippen LogP contribution in [0.25, 0.3) is 0 Å². The van der Waals surface area contributed by atoms with Crippen molar-refractivity contribution in [1.29, 1.82) is 0 Å². The van der Waals surface area contributed by atoms with E-state index in [4.69, 9.17) is 5.73 Å². The lowest BCUT2D eigenvalue weighted by atomic mass is 10.1. The molecule has 0 aliphatic carbocycles. The summed E-state index contributed by atoms with van der Waals surface area (Å²) in [5.41, 5.74) is 7.39. The summed E-state index contributed by atoms with van der Waals surface area (Å²) in [4.78, 5) is 2.40. The number of nitrogens with two attached hydrogens (primary N) is 1. The van der Waals surface area contributed by atoms with Crippen LogP contribution in [0.4, 0.5) is 0 Å². The van der Waals surface area contributed by atoms with Crippen LogP contribution in [0.5, 0.6) is 0 Å². The first-order valence-corrected chi connectivity index (χ1v) is 5.80. The van der Waals surface area contributed by atoms with Gasteiger partial charge in [-0.2, -0.15) is 0 Å². The fourth-order valence-corrected chi connectivity index (χ4v) is 1.78. The molecule has 0 aliphatic rings. The van der Waals surface area contributed by atoms with Gasteiger partial charge in [0.2, 0.25) is 0 Å². The number of rotatable bonds is 6. The maximum absolute atomic E-state index is 6.16. The molecule has 0 saturated heterocycles. The minimum atomic E-state index is 0.137. The van der Waals surface area contributed by atoms with Gasteiger partial charge in [0.1, 0.15) is 0 Å². The SMILES string of the molecule is CCCN(CC)CC(N)c1ccccc1. The van der Waals surface area contributed by atoms with Crippen molar-refractivity contribution in [3.05, 3.63) is 35.9 Å². The largest absolute Gasteiger partial charge is 0.323 e. The molecule has 2 N–H and O–H groups in total. The lowest BCUT2D eigenvalue weighted by Crippen LogP contribution is -2.32. The minimum Gasteiger partial charge on any atom is -0.323 e. The summed E-state index contributed by atoms with van der Waals surface area (Å²) in [6, 6.07) is 10.5. The highest BCUT2D eigenvalue weighted by molar-refractivity contribution is 5.18. The molecule has 2 nitrogen and oxygen atoms in total. The van der Waals surface area contributed by atoms with E-state index in [2.05, 4.69) is 30.9 Å². The Labute approximate surface area is 93.1 Å². The maximum atomic E-state index is 6.16. The zero-order chi connectivity index (χ0) is 11.1. The van der Waals surface area contributed by atoms with E-state index in [9.17, 15) is 0 Å². The Kier molecular flexibility index (Phi) is 5.37. The van der Waals surface area contributed by atoms with E-state index in [0.717, 1.165) is 19.6 Å². The Hall–Kier alpha value is -0.860. The fraction of sp³-hybridized carbons (Fsp3) is 0.538. The molecule has 0 aromatic heterocycles. The molecule has 2 heteroatoms. The average molecular weight is 206 g/mol. The molecule has 1 unspecified atom stereocenters. The summed E-state index contributed by atoms with van der Waals surface area (Å²) in [6.45, 7) is 7.56. The molecule has 1 rings (SSSR count). The van der Waals surface area contributed by atoms with Gasteiger partial charge in [-0.15, -0.1) is 0 Å². The monoisotopic (exact) mass is 206 g/mol. The van der Waals surface area contributed by atoms with E-state index in [1.54, 1.807) is 0 Å². The normalized spacial score (nSPS) is 13.1. The summed E-state index contributed by atoms with van der Waals surface area (Å²) < 4.78 is 0. The van der Waals surface area contributed by atoms with Crippen LogP contribution >= 0.6 is 0 Å². The van der Waals surface area contributed by atoms with Gasteiger partial charge in [0.05, 0.1) is 0 Å². The maximum Gasteiger partial charge on any atom is 0.0424 e. The van der Waals surface area contributed by atoms with Crippen LogP contribution in [0.2, 0.25) is 0 Å². The first kappa shape index (κ1) is 12.2. The topological polar surface area (TPSA) is 29.3 Å². The molecule has 0 spiro atoms. The van der Waals surface area contributed by atoms with E-state index in [1.807, 2.05) is 18.2 Å². The van der Waals surface area contributed by atoms with Gasteiger partial charge in [0.25, 0.3) is 0 Å². The second-order valence-electron chi connectivity index (χ2n) is 3.91. The van der Waals surface area contributed by atoms with Crippen LogP contribution in [-0.4, -0.2) is 24.5 Å². The van der Waals surface area contributed by atoms with Crippen LogP contribution in [0.15, 0.2) is 30.3 Å². The van der Waals surface area contributed by atoms with Crippen molar-refractivity contribution in [2.75, 3.05) is 19.6 Å². The first-order valence-electron chi connectivity index (χ1n) is 5.80. The number of hydrogen-bond donors (Lipinski definition) is 1. The summed E-state index contributed by atoms with van der Waals surface area (Å²) in [6.07, 6.45) is 1.19. The van der Waals surface area contributed by atoms with Gasteiger partial charge in [-0.05, 0) is 25.1 Å². The molecule has 1 aromatic rings. The lowest BCUT2D eigenvalue weighted by molar-refractivity contribution is 0.271.